The Labute approximate surface area is 234 Å². The first-order chi connectivity index (χ1) is 18.5. The minimum Gasteiger partial charge on any atom is -0.476 e. The highest BCUT2D eigenvalue weighted by molar-refractivity contribution is 9.10. The van der Waals surface area contributed by atoms with E-state index in [0.29, 0.717) is 21.2 Å². The number of rotatable bonds is 8. The maximum atomic E-state index is 13.8. The van der Waals surface area contributed by atoms with Crippen molar-refractivity contribution >= 4 is 61.9 Å². The molecular formula is C26H20BrClFN5O5. The molecule has 0 radical (unpaired) electrons. The molecule has 0 atom stereocenters. The molecule has 39 heavy (non-hydrogen) atoms. The number of benzene rings is 3. The van der Waals surface area contributed by atoms with Gasteiger partial charge in [-0.25, -0.2) is 9.37 Å². The molecule has 0 aliphatic rings. The van der Waals surface area contributed by atoms with E-state index in [-0.39, 0.29) is 27.9 Å². The molecule has 0 fully saturated rings. The van der Waals surface area contributed by atoms with Gasteiger partial charge in [0.15, 0.2) is 6.61 Å². The molecule has 1 heterocycles. The second kappa shape index (κ2) is 11.7. The van der Waals surface area contributed by atoms with E-state index in [4.69, 9.17) is 16.3 Å². The van der Waals surface area contributed by atoms with Crippen molar-refractivity contribution in [3.8, 4) is 5.75 Å². The van der Waals surface area contributed by atoms with E-state index < -0.39 is 34.5 Å². The Morgan fingerprint density at radius 2 is 2.03 bits per heavy atom. The number of carbonyl (C=O) groups excluding carboxylic acids is 1. The molecule has 0 saturated carbocycles. The van der Waals surface area contributed by atoms with Gasteiger partial charge in [0.25, 0.3) is 11.5 Å². The number of nitro groups is 1. The molecule has 200 valence electrons. The second-order valence-corrected chi connectivity index (χ2v) is 9.90. The predicted octanol–water partition coefficient (Wildman–Crippen LogP) is 5.88. The fourth-order valence-electron chi connectivity index (χ4n) is 3.61. The summed E-state index contributed by atoms with van der Waals surface area (Å²) in [5.74, 6) is -1.50. The summed E-state index contributed by atoms with van der Waals surface area (Å²) >= 11 is 9.61. The van der Waals surface area contributed by atoms with Crippen molar-refractivity contribution in [2.75, 3.05) is 11.9 Å². The summed E-state index contributed by atoms with van der Waals surface area (Å²) in [7, 11) is 0. The summed E-state index contributed by atoms with van der Waals surface area (Å²) in [6, 6.07) is 13.1. The maximum Gasteiger partial charge on any atom is 0.313 e. The summed E-state index contributed by atoms with van der Waals surface area (Å²) in [5, 5.41) is 18.5. The van der Waals surface area contributed by atoms with Crippen LogP contribution in [0.1, 0.15) is 31.2 Å². The van der Waals surface area contributed by atoms with Gasteiger partial charge in [-0.15, -0.1) is 0 Å². The number of fused-ring (bicyclic) bond motifs is 1. The van der Waals surface area contributed by atoms with E-state index in [1.54, 1.807) is 18.2 Å². The number of para-hydroxylation sites is 1. The van der Waals surface area contributed by atoms with Crippen LogP contribution >= 0.6 is 27.5 Å². The standard InChI is InChI=1S/C26H20BrClFN5O5/c1-14(2)25-32-20-8-7-16(27)11-17(20)26(36)33(25)30-12-15-9-18(28)24(22(10-15)34(37)38)39-13-23(35)31-21-6-4-3-5-19(21)29/h3-12,14H,13H2,1-2H3,(H,31,35). The molecule has 1 aromatic heterocycles. The SMILES string of the molecule is CC(C)c1nc2ccc(Br)cc2c(=O)n1N=Cc1cc(Cl)c(OCC(=O)Nc2ccccc2F)c([N+](=O)[O-])c1. The lowest BCUT2D eigenvalue weighted by atomic mass is 10.2. The molecule has 13 heteroatoms. The van der Waals surface area contributed by atoms with Crippen molar-refractivity contribution in [3.05, 3.63) is 102 Å². The van der Waals surface area contributed by atoms with Gasteiger partial charge in [0.2, 0.25) is 5.75 Å². The zero-order chi connectivity index (χ0) is 28.3. The van der Waals surface area contributed by atoms with Gasteiger partial charge in [-0.3, -0.25) is 19.7 Å². The molecule has 0 unspecified atom stereocenters. The van der Waals surface area contributed by atoms with Crippen molar-refractivity contribution in [3.63, 3.8) is 0 Å². The quantitative estimate of drug-likeness (QED) is 0.150. The number of hydrogen-bond donors (Lipinski definition) is 1. The lowest BCUT2D eigenvalue weighted by Gasteiger charge is -2.12. The molecule has 3 aromatic carbocycles. The van der Waals surface area contributed by atoms with Crippen molar-refractivity contribution in [2.24, 2.45) is 5.10 Å². The summed E-state index contributed by atoms with van der Waals surface area (Å²) < 4.78 is 20.9. The van der Waals surface area contributed by atoms with Gasteiger partial charge in [-0.05, 0) is 36.4 Å². The van der Waals surface area contributed by atoms with Crippen molar-refractivity contribution in [1.82, 2.24) is 9.66 Å². The molecular weight excluding hydrogens is 597 g/mol. The van der Waals surface area contributed by atoms with E-state index in [1.165, 1.54) is 36.5 Å². The van der Waals surface area contributed by atoms with Gasteiger partial charge in [-0.2, -0.15) is 9.78 Å². The average Bonchev–Trinajstić information content (AvgIpc) is 2.88. The Morgan fingerprint density at radius 3 is 2.72 bits per heavy atom. The molecule has 4 aromatic rings. The topological polar surface area (TPSA) is 129 Å². The van der Waals surface area contributed by atoms with Crippen LogP contribution in [0, 0.1) is 15.9 Å². The van der Waals surface area contributed by atoms with Crippen LogP contribution in [0.3, 0.4) is 0 Å². The van der Waals surface area contributed by atoms with Crippen LogP contribution in [0.15, 0.2) is 69.0 Å². The molecule has 0 aliphatic heterocycles. The third kappa shape index (κ3) is 6.29. The van der Waals surface area contributed by atoms with Crippen LogP contribution < -0.4 is 15.6 Å². The Morgan fingerprint density at radius 1 is 1.28 bits per heavy atom. The lowest BCUT2D eigenvalue weighted by Crippen LogP contribution is -2.23. The third-order valence-electron chi connectivity index (χ3n) is 5.41. The Kier molecular flexibility index (Phi) is 8.36. The number of ether oxygens (including phenoxy) is 1. The van der Waals surface area contributed by atoms with Crippen LogP contribution in [0.4, 0.5) is 15.8 Å². The van der Waals surface area contributed by atoms with E-state index >= 15 is 0 Å². The Hall–Kier alpha value is -4.16. The van der Waals surface area contributed by atoms with Crippen LogP contribution in [0.25, 0.3) is 10.9 Å². The van der Waals surface area contributed by atoms with Crippen LogP contribution in [-0.4, -0.2) is 33.3 Å². The second-order valence-electron chi connectivity index (χ2n) is 8.57. The molecule has 0 spiro atoms. The van der Waals surface area contributed by atoms with E-state index in [2.05, 4.69) is 31.3 Å². The Balaban J connectivity index is 1.64. The van der Waals surface area contributed by atoms with Crippen molar-refractivity contribution in [1.29, 1.82) is 0 Å². The number of halogens is 3. The number of hydrogen-bond acceptors (Lipinski definition) is 7. The summed E-state index contributed by atoms with van der Waals surface area (Å²) in [6.45, 7) is 3.05. The number of aromatic nitrogens is 2. The number of nitrogens with one attached hydrogen (secondary N) is 1. The number of nitrogens with zero attached hydrogens (tertiary/aromatic N) is 4. The fraction of sp³-hybridized carbons (Fsp3) is 0.154. The van der Waals surface area contributed by atoms with Crippen LogP contribution in [0.5, 0.6) is 5.75 Å². The van der Waals surface area contributed by atoms with Crippen molar-refractivity contribution in [2.45, 2.75) is 19.8 Å². The molecule has 10 nitrogen and oxygen atoms in total. The van der Waals surface area contributed by atoms with Gasteiger partial charge in [0.1, 0.15) is 11.6 Å². The smallest absolute Gasteiger partial charge is 0.313 e. The Bertz CT molecular complexity index is 1690. The minimum atomic E-state index is -0.743. The number of carbonyl (C=O) groups is 1. The highest BCUT2D eigenvalue weighted by atomic mass is 79.9. The van der Waals surface area contributed by atoms with Gasteiger partial charge in [-0.1, -0.05) is 53.5 Å². The first-order valence-electron chi connectivity index (χ1n) is 11.5. The molecule has 0 bridgehead atoms. The minimum absolute atomic E-state index is 0.0650. The van der Waals surface area contributed by atoms with Gasteiger partial charge >= 0.3 is 5.69 Å². The summed E-state index contributed by atoms with van der Waals surface area (Å²) in [5.41, 5.74) is -0.296. The number of amides is 1. The van der Waals surface area contributed by atoms with Gasteiger partial charge < -0.3 is 10.1 Å². The van der Waals surface area contributed by atoms with Crippen LogP contribution in [-0.2, 0) is 4.79 Å². The molecule has 1 amide bonds. The first-order valence-corrected chi connectivity index (χ1v) is 12.6. The average molecular weight is 617 g/mol. The third-order valence-corrected chi connectivity index (χ3v) is 6.18. The summed E-state index contributed by atoms with van der Waals surface area (Å²) in [6.07, 6.45) is 1.24. The van der Waals surface area contributed by atoms with E-state index in [0.717, 1.165) is 10.7 Å². The molecule has 0 saturated heterocycles. The normalized spacial score (nSPS) is 11.3. The van der Waals surface area contributed by atoms with Crippen molar-refractivity contribution < 1.29 is 18.8 Å². The van der Waals surface area contributed by atoms with Crippen LogP contribution in [0.2, 0.25) is 5.02 Å². The fourth-order valence-corrected chi connectivity index (χ4v) is 4.25. The highest BCUT2D eigenvalue weighted by Gasteiger charge is 2.22. The zero-order valence-electron chi connectivity index (χ0n) is 20.5. The summed E-state index contributed by atoms with van der Waals surface area (Å²) in [4.78, 5) is 41.0. The first kappa shape index (κ1) is 27.9. The number of nitro benzene ring substituents is 1. The molecule has 4 rings (SSSR count). The highest BCUT2D eigenvalue weighted by Crippen LogP contribution is 2.36. The zero-order valence-corrected chi connectivity index (χ0v) is 22.9. The monoisotopic (exact) mass is 615 g/mol. The van der Waals surface area contributed by atoms with Gasteiger partial charge in [0, 0.05) is 22.0 Å². The molecule has 1 N–H and O–H groups in total. The maximum absolute atomic E-state index is 13.8. The molecule has 0 aliphatic carbocycles. The van der Waals surface area contributed by atoms with E-state index in [9.17, 15) is 24.1 Å². The van der Waals surface area contributed by atoms with Gasteiger partial charge in [0.05, 0.1) is 32.8 Å². The largest absolute Gasteiger partial charge is 0.476 e. The lowest BCUT2D eigenvalue weighted by molar-refractivity contribution is -0.385. The predicted molar refractivity (Wildman–Crippen MR) is 149 cm³/mol. The number of anilines is 1. The van der Waals surface area contributed by atoms with E-state index in [1.807, 2.05) is 13.8 Å².